The monoisotopic (exact) mass is 363 g/mol. The topological polar surface area (TPSA) is 35.6 Å². The number of hydrogen-bond acceptors (Lipinski definition) is 3. The van der Waals surface area contributed by atoms with Gasteiger partial charge in [-0.2, -0.15) is 0 Å². The number of carbonyl (C=O) groups excluding carboxylic acids is 1. The maximum absolute atomic E-state index is 12.1. The summed E-state index contributed by atoms with van der Waals surface area (Å²) in [5.74, 6) is 0.132. The van der Waals surface area contributed by atoms with Gasteiger partial charge in [0.2, 0.25) is 5.91 Å². The van der Waals surface area contributed by atoms with E-state index in [1.807, 2.05) is 43.3 Å². The van der Waals surface area contributed by atoms with Crippen LogP contribution in [0.4, 0.5) is 0 Å². The van der Waals surface area contributed by atoms with Crippen LogP contribution in [-0.2, 0) is 11.3 Å². The molecule has 1 aromatic rings. The molecule has 0 aliphatic rings. The highest BCUT2D eigenvalue weighted by molar-refractivity contribution is 9.10. The van der Waals surface area contributed by atoms with Gasteiger partial charge in [0.25, 0.3) is 0 Å². The molecule has 0 aliphatic heterocycles. The van der Waals surface area contributed by atoms with E-state index >= 15 is 0 Å². The molecule has 6 heteroatoms. The van der Waals surface area contributed by atoms with E-state index in [0.29, 0.717) is 13.1 Å². The molecule has 0 unspecified atom stereocenters. The Morgan fingerprint density at radius 3 is 2.30 bits per heavy atom. The van der Waals surface area contributed by atoms with Gasteiger partial charge in [0.15, 0.2) is 0 Å². The van der Waals surface area contributed by atoms with Crippen LogP contribution in [-0.4, -0.2) is 56.5 Å². The Morgan fingerprint density at radius 1 is 1.20 bits per heavy atom. The van der Waals surface area contributed by atoms with Crippen LogP contribution in [0.1, 0.15) is 5.56 Å². The molecule has 0 saturated carbocycles. The molecule has 0 radical (unpaired) electrons. The van der Waals surface area contributed by atoms with Crippen molar-refractivity contribution in [1.29, 1.82) is 0 Å². The first-order valence-electron chi connectivity index (χ1n) is 6.34. The minimum absolute atomic E-state index is 0. The highest BCUT2D eigenvalue weighted by atomic mass is 79.9. The summed E-state index contributed by atoms with van der Waals surface area (Å²) >= 11 is 3.42. The Hall–Kier alpha value is -0.620. The Balaban J connectivity index is 0.00000361. The predicted molar refractivity (Wildman–Crippen MR) is 89.3 cm³/mol. The first kappa shape index (κ1) is 19.4. The van der Waals surface area contributed by atoms with E-state index in [4.69, 9.17) is 0 Å². The van der Waals surface area contributed by atoms with Crippen molar-refractivity contribution in [3.05, 3.63) is 34.3 Å². The number of carbonyl (C=O) groups is 1. The van der Waals surface area contributed by atoms with Gasteiger partial charge in [0.05, 0.1) is 6.54 Å². The molecule has 0 spiro atoms. The van der Waals surface area contributed by atoms with Crippen molar-refractivity contribution in [2.24, 2.45) is 0 Å². The zero-order chi connectivity index (χ0) is 14.3. The van der Waals surface area contributed by atoms with Crippen molar-refractivity contribution in [2.75, 3.05) is 40.8 Å². The third kappa shape index (κ3) is 7.24. The summed E-state index contributed by atoms with van der Waals surface area (Å²) in [5, 5.41) is 2.92. The van der Waals surface area contributed by atoms with Crippen LogP contribution < -0.4 is 5.32 Å². The molecule has 4 nitrogen and oxygen atoms in total. The molecule has 0 heterocycles. The fourth-order valence-electron chi connectivity index (χ4n) is 1.69. The normalized spacial score (nSPS) is 10.2. The van der Waals surface area contributed by atoms with E-state index in [9.17, 15) is 4.79 Å². The summed E-state index contributed by atoms with van der Waals surface area (Å²) in [6.07, 6.45) is 0. The van der Waals surface area contributed by atoms with Gasteiger partial charge in [0.1, 0.15) is 0 Å². The summed E-state index contributed by atoms with van der Waals surface area (Å²) < 4.78 is 1.05. The Morgan fingerprint density at radius 2 is 1.80 bits per heavy atom. The lowest BCUT2D eigenvalue weighted by molar-refractivity contribution is -0.130. The van der Waals surface area contributed by atoms with Gasteiger partial charge in [-0.3, -0.25) is 4.79 Å². The minimum Gasteiger partial charge on any atom is -0.336 e. The lowest BCUT2D eigenvalue weighted by atomic mass is 10.2. The second kappa shape index (κ2) is 10.2. The van der Waals surface area contributed by atoms with Gasteiger partial charge in [-0.15, -0.1) is 12.4 Å². The molecule has 0 aliphatic carbocycles. The highest BCUT2D eigenvalue weighted by Crippen LogP contribution is 2.12. The molecule has 1 N–H and O–H groups in total. The maximum Gasteiger partial charge on any atom is 0.236 e. The SMILES string of the molecule is CNCC(=O)N(CCN(C)C)Cc1ccc(Br)cc1.Cl. The molecule has 20 heavy (non-hydrogen) atoms. The lowest BCUT2D eigenvalue weighted by Crippen LogP contribution is -2.40. The summed E-state index contributed by atoms with van der Waals surface area (Å²) in [7, 11) is 5.82. The number of amides is 1. The molecule has 1 aromatic carbocycles. The van der Waals surface area contributed by atoms with Crippen molar-refractivity contribution in [3.8, 4) is 0 Å². The summed E-state index contributed by atoms with van der Waals surface area (Å²) in [4.78, 5) is 16.0. The van der Waals surface area contributed by atoms with Gasteiger partial charge in [-0.05, 0) is 38.8 Å². The van der Waals surface area contributed by atoms with Gasteiger partial charge < -0.3 is 15.1 Å². The average molecular weight is 365 g/mol. The zero-order valence-corrected chi connectivity index (χ0v) is 14.6. The van der Waals surface area contributed by atoms with Gasteiger partial charge in [-0.1, -0.05) is 28.1 Å². The molecule has 0 atom stereocenters. The number of hydrogen-bond donors (Lipinski definition) is 1. The molecule has 114 valence electrons. The second-order valence-corrected chi connectivity index (χ2v) is 5.69. The average Bonchev–Trinajstić information content (AvgIpc) is 2.36. The summed E-state index contributed by atoms with van der Waals surface area (Å²) in [6.45, 7) is 2.64. The number of nitrogens with zero attached hydrogens (tertiary/aromatic N) is 2. The Kier molecular flexibility index (Phi) is 9.84. The first-order chi connectivity index (χ1) is 9.02. The van der Waals surface area contributed by atoms with Crippen molar-refractivity contribution in [3.63, 3.8) is 0 Å². The van der Waals surface area contributed by atoms with Crippen LogP contribution in [0.5, 0.6) is 0 Å². The van der Waals surface area contributed by atoms with Crippen LogP contribution in [0.2, 0.25) is 0 Å². The first-order valence-corrected chi connectivity index (χ1v) is 7.13. The largest absolute Gasteiger partial charge is 0.336 e. The number of rotatable bonds is 7. The number of halogens is 2. The fourth-order valence-corrected chi connectivity index (χ4v) is 1.95. The fraction of sp³-hybridized carbons (Fsp3) is 0.500. The third-order valence-corrected chi connectivity index (χ3v) is 3.31. The van der Waals surface area contributed by atoms with Crippen LogP contribution >= 0.6 is 28.3 Å². The van der Waals surface area contributed by atoms with Crippen molar-refractivity contribution in [1.82, 2.24) is 15.1 Å². The van der Waals surface area contributed by atoms with Crippen LogP contribution in [0, 0.1) is 0 Å². The molecular formula is C14H23BrClN3O. The van der Waals surface area contributed by atoms with E-state index in [1.54, 1.807) is 7.05 Å². The quantitative estimate of drug-likeness (QED) is 0.803. The van der Waals surface area contributed by atoms with Crippen LogP contribution in [0.15, 0.2) is 28.7 Å². The molecule has 0 saturated heterocycles. The standard InChI is InChI=1S/C14H22BrN3O.ClH/c1-16-10-14(19)18(9-8-17(2)3)11-12-4-6-13(15)7-5-12;/h4-7,16H,8-11H2,1-3H3;1H. The van der Waals surface area contributed by atoms with Crippen molar-refractivity contribution in [2.45, 2.75) is 6.54 Å². The number of nitrogens with one attached hydrogen (secondary N) is 1. The lowest BCUT2D eigenvalue weighted by Gasteiger charge is -2.24. The summed E-state index contributed by atoms with van der Waals surface area (Å²) in [6, 6.07) is 8.09. The number of likely N-dealkylation sites (N-methyl/N-ethyl adjacent to an activating group) is 2. The zero-order valence-electron chi connectivity index (χ0n) is 12.2. The van der Waals surface area contributed by atoms with Gasteiger partial charge in [-0.25, -0.2) is 0 Å². The Labute approximate surface area is 136 Å². The van der Waals surface area contributed by atoms with E-state index in [-0.39, 0.29) is 18.3 Å². The second-order valence-electron chi connectivity index (χ2n) is 4.78. The highest BCUT2D eigenvalue weighted by Gasteiger charge is 2.13. The van der Waals surface area contributed by atoms with Gasteiger partial charge >= 0.3 is 0 Å². The van der Waals surface area contributed by atoms with Crippen LogP contribution in [0.25, 0.3) is 0 Å². The van der Waals surface area contributed by atoms with E-state index in [1.165, 1.54) is 0 Å². The van der Waals surface area contributed by atoms with E-state index in [2.05, 4.69) is 26.1 Å². The molecular weight excluding hydrogens is 342 g/mol. The van der Waals surface area contributed by atoms with E-state index in [0.717, 1.165) is 23.1 Å². The molecule has 0 bridgehead atoms. The predicted octanol–water partition coefficient (Wildman–Crippen LogP) is 1.98. The Bertz CT molecular complexity index is 398. The minimum atomic E-state index is 0. The molecule has 0 aromatic heterocycles. The maximum atomic E-state index is 12.1. The molecule has 1 rings (SSSR count). The number of benzene rings is 1. The molecule has 1 amide bonds. The van der Waals surface area contributed by atoms with Crippen molar-refractivity contribution < 1.29 is 4.79 Å². The third-order valence-electron chi connectivity index (χ3n) is 2.78. The summed E-state index contributed by atoms with van der Waals surface area (Å²) in [5.41, 5.74) is 1.14. The van der Waals surface area contributed by atoms with Crippen molar-refractivity contribution >= 4 is 34.2 Å². The van der Waals surface area contributed by atoms with E-state index < -0.39 is 0 Å². The smallest absolute Gasteiger partial charge is 0.236 e. The molecule has 0 fully saturated rings. The van der Waals surface area contributed by atoms with Gasteiger partial charge in [0, 0.05) is 24.1 Å². The van der Waals surface area contributed by atoms with Crippen LogP contribution in [0.3, 0.4) is 0 Å².